The van der Waals surface area contributed by atoms with E-state index in [0.717, 1.165) is 24.2 Å². The number of fused-ring (bicyclic) bond motifs is 2. The molecule has 0 fully saturated rings. The topological polar surface area (TPSA) is 110 Å². The first-order valence-corrected chi connectivity index (χ1v) is 14.1. The number of benzene rings is 3. The van der Waals surface area contributed by atoms with E-state index in [1.165, 1.54) is 0 Å². The summed E-state index contributed by atoms with van der Waals surface area (Å²) in [5, 5.41) is 16.6. The fourth-order valence-electron chi connectivity index (χ4n) is 5.38. The first-order valence-electron chi connectivity index (χ1n) is 13.4. The van der Waals surface area contributed by atoms with Crippen molar-refractivity contribution in [1.29, 1.82) is 5.26 Å². The van der Waals surface area contributed by atoms with Crippen molar-refractivity contribution in [3.05, 3.63) is 116 Å². The number of para-hydroxylation sites is 1. The van der Waals surface area contributed by atoms with Crippen LogP contribution in [-0.2, 0) is 0 Å². The van der Waals surface area contributed by atoms with Gasteiger partial charge in [-0.2, -0.15) is 15.0 Å². The molecule has 2 N–H and O–H groups in total. The maximum atomic E-state index is 13.6. The van der Waals surface area contributed by atoms with Crippen molar-refractivity contribution < 1.29 is 9.15 Å². The summed E-state index contributed by atoms with van der Waals surface area (Å²) in [4.78, 5) is 15.8. The monoisotopic (exact) mass is 597 g/mol. The molecular formula is C32H25Cl2N5O3. The Morgan fingerprint density at radius 1 is 1.05 bits per heavy atom. The van der Waals surface area contributed by atoms with E-state index in [1.54, 1.807) is 28.9 Å². The van der Waals surface area contributed by atoms with Gasteiger partial charge in [-0.25, -0.2) is 4.79 Å². The summed E-state index contributed by atoms with van der Waals surface area (Å²) in [6, 6.07) is 24.0. The highest BCUT2D eigenvalue weighted by Gasteiger charge is 2.39. The zero-order valence-corrected chi connectivity index (χ0v) is 24.3. The molecule has 1 atom stereocenters. The Hall–Kier alpha value is -4.71. The lowest BCUT2D eigenvalue weighted by molar-refractivity contribution is 0.367. The molecule has 6 rings (SSSR count). The van der Waals surface area contributed by atoms with Crippen LogP contribution in [0.3, 0.4) is 0 Å². The second-order valence-corrected chi connectivity index (χ2v) is 10.6. The van der Waals surface area contributed by atoms with Gasteiger partial charge in [-0.1, -0.05) is 47.5 Å². The Bertz CT molecular complexity index is 1970. The van der Waals surface area contributed by atoms with Crippen LogP contribution in [0.15, 0.2) is 93.5 Å². The van der Waals surface area contributed by atoms with Gasteiger partial charge in [0.05, 0.1) is 22.7 Å². The molecular weight excluding hydrogens is 573 g/mol. The van der Waals surface area contributed by atoms with Gasteiger partial charge in [0.15, 0.2) is 0 Å². The summed E-state index contributed by atoms with van der Waals surface area (Å²) in [6.45, 7) is 5.78. The quantitative estimate of drug-likeness (QED) is 0.209. The summed E-state index contributed by atoms with van der Waals surface area (Å²) in [5.41, 5.74) is 9.47. The number of rotatable bonds is 6. The Balaban J connectivity index is 1.64. The predicted octanol–water partition coefficient (Wildman–Crippen LogP) is 7.02. The second-order valence-electron chi connectivity index (χ2n) is 9.75. The molecule has 0 spiro atoms. The number of aromatic nitrogens is 2. The third-order valence-electron chi connectivity index (χ3n) is 7.43. The average Bonchev–Trinajstić information content (AvgIpc) is 3.36. The van der Waals surface area contributed by atoms with Crippen LogP contribution in [-0.4, -0.2) is 22.9 Å². The van der Waals surface area contributed by atoms with Crippen molar-refractivity contribution >= 4 is 39.9 Å². The van der Waals surface area contributed by atoms with Gasteiger partial charge >= 0.3 is 5.63 Å². The number of allylic oxidation sites excluding steroid dienone is 1. The zero-order valence-electron chi connectivity index (χ0n) is 22.8. The van der Waals surface area contributed by atoms with Crippen molar-refractivity contribution in [2.24, 2.45) is 5.73 Å². The molecule has 42 heavy (non-hydrogen) atoms. The van der Waals surface area contributed by atoms with Crippen molar-refractivity contribution in [2.45, 2.75) is 19.8 Å². The van der Waals surface area contributed by atoms with Crippen molar-refractivity contribution in [3.63, 3.8) is 0 Å². The number of anilines is 1. The Labute approximate surface area is 251 Å². The van der Waals surface area contributed by atoms with Gasteiger partial charge in [-0.05, 0) is 61.9 Å². The van der Waals surface area contributed by atoms with Crippen LogP contribution in [0.2, 0.25) is 10.0 Å². The highest BCUT2D eigenvalue weighted by molar-refractivity contribution is 6.35. The standard InChI is InChI=1S/C32H25Cl2N5O3/c1-3-38(4-2)21-12-10-18-14-23(32(40)41-26(18)16-21)29-28-27(22-13-11-19(33)15-25(22)34)24(17-35)30(36)42-31(28)39(37-29)20-8-6-5-7-9-20/h5-16,27H,3-4,36H2,1-2H3. The average molecular weight is 598 g/mol. The summed E-state index contributed by atoms with van der Waals surface area (Å²) < 4.78 is 13.5. The molecule has 1 aliphatic rings. The molecule has 1 unspecified atom stereocenters. The molecule has 1 aliphatic heterocycles. The molecule has 210 valence electrons. The van der Waals surface area contributed by atoms with E-state index in [1.807, 2.05) is 48.5 Å². The van der Waals surface area contributed by atoms with E-state index < -0.39 is 11.5 Å². The van der Waals surface area contributed by atoms with Gasteiger partial charge in [0.1, 0.15) is 22.9 Å². The highest BCUT2D eigenvalue weighted by atomic mass is 35.5. The summed E-state index contributed by atoms with van der Waals surface area (Å²) in [6.07, 6.45) is 0. The van der Waals surface area contributed by atoms with Crippen molar-refractivity contribution in [2.75, 3.05) is 18.0 Å². The van der Waals surface area contributed by atoms with Crippen molar-refractivity contribution in [1.82, 2.24) is 9.78 Å². The summed E-state index contributed by atoms with van der Waals surface area (Å²) >= 11 is 12.9. The molecule has 3 aromatic carbocycles. The van der Waals surface area contributed by atoms with Crippen molar-refractivity contribution in [3.8, 4) is 28.9 Å². The first kappa shape index (κ1) is 27.5. The lowest BCUT2D eigenvalue weighted by atomic mass is 9.83. The summed E-state index contributed by atoms with van der Waals surface area (Å²) in [5.74, 6) is -0.615. The molecule has 0 radical (unpaired) electrons. The van der Waals surface area contributed by atoms with Gasteiger partial charge in [0, 0.05) is 40.3 Å². The minimum Gasteiger partial charge on any atom is -0.422 e. The number of nitrogens with two attached hydrogens (primary N) is 1. The molecule has 5 aromatic rings. The second kappa shape index (κ2) is 10.9. The van der Waals surface area contributed by atoms with Gasteiger partial charge < -0.3 is 19.8 Å². The fraction of sp³-hybridized carbons (Fsp3) is 0.156. The zero-order chi connectivity index (χ0) is 29.5. The van der Waals surface area contributed by atoms with Gasteiger partial charge in [-0.15, -0.1) is 0 Å². The normalized spacial score (nSPS) is 14.4. The maximum Gasteiger partial charge on any atom is 0.345 e. The van der Waals surface area contributed by atoms with E-state index in [0.29, 0.717) is 32.4 Å². The molecule has 0 bridgehead atoms. The number of ether oxygens (including phenoxy) is 1. The number of hydrogen-bond acceptors (Lipinski definition) is 7. The molecule has 0 saturated heterocycles. The van der Waals surface area contributed by atoms with Gasteiger partial charge in [-0.3, -0.25) is 0 Å². The lowest BCUT2D eigenvalue weighted by Gasteiger charge is -2.25. The van der Waals surface area contributed by atoms with Crippen LogP contribution in [0.5, 0.6) is 5.88 Å². The molecule has 0 amide bonds. The van der Waals surface area contributed by atoms with Gasteiger partial charge in [0.25, 0.3) is 0 Å². The summed E-state index contributed by atoms with van der Waals surface area (Å²) in [7, 11) is 0. The first-order chi connectivity index (χ1) is 20.3. The highest BCUT2D eigenvalue weighted by Crippen LogP contribution is 2.49. The predicted molar refractivity (Wildman–Crippen MR) is 164 cm³/mol. The van der Waals surface area contributed by atoms with E-state index in [-0.39, 0.29) is 28.6 Å². The van der Waals surface area contributed by atoms with Crippen LogP contribution in [0.4, 0.5) is 5.69 Å². The molecule has 8 nitrogen and oxygen atoms in total. The maximum absolute atomic E-state index is 13.6. The van der Waals surface area contributed by atoms with E-state index in [2.05, 4.69) is 24.8 Å². The van der Waals surface area contributed by atoms with E-state index in [4.69, 9.17) is 43.2 Å². The number of nitriles is 1. The van der Waals surface area contributed by atoms with E-state index >= 15 is 0 Å². The molecule has 0 aliphatic carbocycles. The Morgan fingerprint density at radius 2 is 1.81 bits per heavy atom. The fourth-order valence-corrected chi connectivity index (χ4v) is 5.90. The minimum atomic E-state index is -0.795. The Morgan fingerprint density at radius 3 is 2.50 bits per heavy atom. The molecule has 2 aromatic heterocycles. The van der Waals surface area contributed by atoms with Crippen LogP contribution < -0.4 is 21.0 Å². The number of nitrogens with zero attached hydrogens (tertiary/aromatic N) is 4. The van der Waals surface area contributed by atoms with Gasteiger partial charge in [0.2, 0.25) is 11.8 Å². The number of hydrogen-bond donors (Lipinski definition) is 1. The number of halogens is 2. The van der Waals surface area contributed by atoms with Crippen LogP contribution in [0, 0.1) is 11.3 Å². The smallest absolute Gasteiger partial charge is 0.345 e. The lowest BCUT2D eigenvalue weighted by Crippen LogP contribution is -2.22. The SMILES string of the molecule is CCN(CC)c1ccc2cc(-c3nn(-c4ccccc4)c4c3C(c3ccc(Cl)cc3Cl)C(C#N)=C(N)O4)c(=O)oc2c1. The molecule has 10 heteroatoms. The third-order valence-corrected chi connectivity index (χ3v) is 7.99. The van der Waals surface area contributed by atoms with Crippen LogP contribution >= 0.6 is 23.2 Å². The van der Waals surface area contributed by atoms with Crippen LogP contribution in [0.25, 0.3) is 27.9 Å². The molecule has 0 saturated carbocycles. The molecule has 3 heterocycles. The third kappa shape index (κ3) is 4.57. The van der Waals surface area contributed by atoms with Crippen LogP contribution in [0.1, 0.15) is 30.9 Å². The van der Waals surface area contributed by atoms with E-state index in [9.17, 15) is 10.1 Å². The Kier molecular flexibility index (Phi) is 7.15. The largest absolute Gasteiger partial charge is 0.422 e. The minimum absolute atomic E-state index is 0.0841.